The highest BCUT2D eigenvalue weighted by Gasteiger charge is 2.17. The van der Waals surface area contributed by atoms with Crippen molar-refractivity contribution in [3.63, 3.8) is 0 Å². The smallest absolute Gasteiger partial charge is 0.227 e. The third kappa shape index (κ3) is 3.23. The van der Waals surface area contributed by atoms with Gasteiger partial charge in [0.05, 0.1) is 13.4 Å². The van der Waals surface area contributed by atoms with E-state index in [2.05, 4.69) is 18.2 Å². The molecule has 0 atom stereocenters. The van der Waals surface area contributed by atoms with Crippen LogP contribution < -0.4 is 0 Å². The molecule has 30 heavy (non-hydrogen) atoms. The number of benzene rings is 4. The van der Waals surface area contributed by atoms with Crippen molar-refractivity contribution in [2.45, 2.75) is 0 Å². The molecule has 1 heterocycles. The zero-order chi connectivity index (χ0) is 20.5. The van der Waals surface area contributed by atoms with Gasteiger partial charge in [0.25, 0.3) is 0 Å². The predicted molar refractivity (Wildman–Crippen MR) is 123 cm³/mol. The molecule has 146 valence electrons. The molecule has 0 radical (unpaired) electrons. The number of aromatic nitrogens is 1. The largest absolute Gasteiger partial charge is 0.504 e. The lowest BCUT2D eigenvalue weighted by atomic mass is 9.92. The Morgan fingerprint density at radius 3 is 2.63 bits per heavy atom. The summed E-state index contributed by atoms with van der Waals surface area (Å²) in [5.41, 5.74) is 5.58. The fourth-order valence-corrected chi connectivity index (χ4v) is 3.93. The van der Waals surface area contributed by atoms with Gasteiger partial charge in [0.1, 0.15) is 5.52 Å². The van der Waals surface area contributed by atoms with Crippen molar-refractivity contribution in [3.8, 4) is 22.6 Å². The summed E-state index contributed by atoms with van der Waals surface area (Å²) in [4.78, 5) is 4.72. The Morgan fingerprint density at radius 1 is 0.933 bits per heavy atom. The minimum absolute atomic E-state index is 0.607. The van der Waals surface area contributed by atoms with Crippen LogP contribution in [-0.2, 0) is 4.74 Å². The van der Waals surface area contributed by atoms with Crippen LogP contribution >= 0.6 is 11.6 Å². The lowest BCUT2D eigenvalue weighted by Gasteiger charge is -2.12. The number of hydrogen-bond donors (Lipinski definition) is 0. The minimum atomic E-state index is 0.607. The highest BCUT2D eigenvalue weighted by atomic mass is 35.5. The molecule has 0 aliphatic heterocycles. The average Bonchev–Trinajstić information content (AvgIpc) is 3.22. The first-order valence-electron chi connectivity index (χ1n) is 9.61. The zero-order valence-electron chi connectivity index (χ0n) is 16.3. The average molecular weight is 412 g/mol. The molecular formula is C26H18ClNO2. The minimum Gasteiger partial charge on any atom is -0.504 e. The third-order valence-corrected chi connectivity index (χ3v) is 5.34. The number of hydrogen-bond acceptors (Lipinski definition) is 3. The maximum Gasteiger partial charge on any atom is 0.227 e. The van der Waals surface area contributed by atoms with E-state index >= 15 is 0 Å². The van der Waals surface area contributed by atoms with E-state index in [-0.39, 0.29) is 0 Å². The van der Waals surface area contributed by atoms with Crippen LogP contribution in [0.5, 0.6) is 0 Å². The summed E-state index contributed by atoms with van der Waals surface area (Å²) in [6.07, 6.45) is 3.63. The van der Waals surface area contributed by atoms with Crippen LogP contribution in [0.15, 0.2) is 89.5 Å². The first kappa shape index (κ1) is 18.5. The lowest BCUT2D eigenvalue weighted by Crippen LogP contribution is -1.88. The number of para-hydroxylation sites is 1. The van der Waals surface area contributed by atoms with Crippen molar-refractivity contribution in [2.24, 2.45) is 0 Å². The van der Waals surface area contributed by atoms with Crippen LogP contribution in [0.2, 0.25) is 5.02 Å². The highest BCUT2D eigenvalue weighted by Crippen LogP contribution is 2.39. The van der Waals surface area contributed by atoms with Crippen LogP contribution in [0.4, 0.5) is 0 Å². The third-order valence-electron chi connectivity index (χ3n) is 5.10. The zero-order valence-corrected chi connectivity index (χ0v) is 17.1. The van der Waals surface area contributed by atoms with Crippen molar-refractivity contribution < 1.29 is 9.15 Å². The quantitative estimate of drug-likeness (QED) is 0.286. The Kier molecular flexibility index (Phi) is 4.74. The summed E-state index contributed by atoms with van der Waals surface area (Å²) < 4.78 is 11.5. The Hall–Kier alpha value is -3.56. The summed E-state index contributed by atoms with van der Waals surface area (Å²) in [5.74, 6) is 0.607. The van der Waals surface area contributed by atoms with E-state index in [9.17, 15) is 0 Å². The summed E-state index contributed by atoms with van der Waals surface area (Å²) >= 11 is 6.24. The summed E-state index contributed by atoms with van der Waals surface area (Å²) in [6, 6.07) is 26.0. The standard InChI is InChI=1S/C26H18ClNO2/c1-29-15-14-17-10-11-19-16-20(27)12-13-21(19)24(17)22-8-5-9-23-25(22)30-26(28-23)18-6-3-2-4-7-18/h2-16H,1H3/b15-14+. The number of rotatable bonds is 4. The molecule has 5 aromatic rings. The molecule has 0 amide bonds. The van der Waals surface area contributed by atoms with E-state index in [0.29, 0.717) is 10.9 Å². The SMILES string of the molecule is CO/C=C/c1ccc2cc(Cl)ccc2c1-c1cccc2nc(-c3ccccc3)oc12. The van der Waals surface area contributed by atoms with E-state index in [1.807, 2.05) is 66.7 Å². The second kappa shape index (κ2) is 7.69. The molecule has 3 nitrogen and oxygen atoms in total. The van der Waals surface area contributed by atoms with E-state index in [1.165, 1.54) is 0 Å². The van der Waals surface area contributed by atoms with Gasteiger partial charge in [-0.05, 0) is 52.7 Å². The molecular weight excluding hydrogens is 394 g/mol. The van der Waals surface area contributed by atoms with Crippen LogP contribution in [0.3, 0.4) is 0 Å². The number of fused-ring (bicyclic) bond motifs is 2. The topological polar surface area (TPSA) is 35.3 Å². The second-order valence-electron chi connectivity index (χ2n) is 6.97. The summed E-state index contributed by atoms with van der Waals surface area (Å²) in [6.45, 7) is 0. The van der Waals surface area contributed by atoms with Crippen molar-refractivity contribution in [1.82, 2.24) is 4.98 Å². The maximum atomic E-state index is 6.28. The first-order chi connectivity index (χ1) is 14.7. The maximum absolute atomic E-state index is 6.28. The number of ether oxygens (including phenoxy) is 1. The molecule has 0 saturated heterocycles. The number of halogens is 1. The molecule has 0 aliphatic rings. The van der Waals surface area contributed by atoms with Crippen LogP contribution in [0, 0.1) is 0 Å². The van der Waals surface area contributed by atoms with Crippen molar-refractivity contribution >= 4 is 39.5 Å². The summed E-state index contributed by atoms with van der Waals surface area (Å²) in [5, 5.41) is 2.85. The summed E-state index contributed by atoms with van der Waals surface area (Å²) in [7, 11) is 1.64. The monoisotopic (exact) mass is 411 g/mol. The Labute approximate surface area is 179 Å². The van der Waals surface area contributed by atoms with E-state index in [0.717, 1.165) is 44.1 Å². The molecule has 5 rings (SSSR count). The van der Waals surface area contributed by atoms with Crippen molar-refractivity contribution in [1.29, 1.82) is 0 Å². The van der Waals surface area contributed by atoms with E-state index < -0.39 is 0 Å². The molecule has 0 unspecified atom stereocenters. The predicted octanol–water partition coefficient (Wildman–Crippen LogP) is 7.59. The normalized spacial score (nSPS) is 11.5. The fraction of sp³-hybridized carbons (Fsp3) is 0.0385. The molecule has 0 spiro atoms. The molecule has 1 aromatic heterocycles. The first-order valence-corrected chi connectivity index (χ1v) is 9.99. The number of nitrogens with zero attached hydrogens (tertiary/aromatic N) is 1. The van der Waals surface area contributed by atoms with Crippen LogP contribution in [0.1, 0.15) is 5.56 Å². The number of oxazole rings is 1. The second-order valence-corrected chi connectivity index (χ2v) is 7.41. The van der Waals surface area contributed by atoms with Gasteiger partial charge in [-0.15, -0.1) is 0 Å². The van der Waals surface area contributed by atoms with Gasteiger partial charge in [0.15, 0.2) is 5.58 Å². The van der Waals surface area contributed by atoms with Crippen molar-refractivity contribution in [3.05, 3.63) is 95.7 Å². The molecule has 4 heteroatoms. The van der Waals surface area contributed by atoms with Gasteiger partial charge in [0.2, 0.25) is 5.89 Å². The number of methoxy groups -OCH3 is 1. The molecule has 0 aliphatic carbocycles. The Balaban J connectivity index is 1.81. The Morgan fingerprint density at radius 2 is 1.80 bits per heavy atom. The lowest BCUT2D eigenvalue weighted by molar-refractivity contribution is 0.341. The Bertz CT molecular complexity index is 1390. The molecule has 0 bridgehead atoms. The van der Waals surface area contributed by atoms with E-state index in [4.69, 9.17) is 25.7 Å². The molecule has 0 N–H and O–H groups in total. The van der Waals surface area contributed by atoms with Gasteiger partial charge in [0, 0.05) is 21.7 Å². The van der Waals surface area contributed by atoms with Gasteiger partial charge in [-0.25, -0.2) is 4.98 Å². The molecule has 0 saturated carbocycles. The van der Waals surface area contributed by atoms with Gasteiger partial charge in [-0.2, -0.15) is 0 Å². The highest BCUT2D eigenvalue weighted by molar-refractivity contribution is 6.31. The van der Waals surface area contributed by atoms with Crippen molar-refractivity contribution in [2.75, 3.05) is 7.11 Å². The van der Waals surface area contributed by atoms with Gasteiger partial charge in [-0.1, -0.05) is 60.1 Å². The van der Waals surface area contributed by atoms with Gasteiger partial charge >= 0.3 is 0 Å². The van der Waals surface area contributed by atoms with Crippen LogP contribution in [-0.4, -0.2) is 12.1 Å². The van der Waals surface area contributed by atoms with Gasteiger partial charge < -0.3 is 9.15 Å². The van der Waals surface area contributed by atoms with Gasteiger partial charge in [-0.3, -0.25) is 0 Å². The van der Waals surface area contributed by atoms with Crippen LogP contribution in [0.25, 0.3) is 50.5 Å². The van der Waals surface area contributed by atoms with E-state index in [1.54, 1.807) is 13.4 Å². The molecule has 4 aromatic carbocycles. The fourth-order valence-electron chi connectivity index (χ4n) is 3.75. The molecule has 0 fully saturated rings.